The Morgan fingerprint density at radius 3 is 2.80 bits per heavy atom. The summed E-state index contributed by atoms with van der Waals surface area (Å²) in [5.74, 6) is 1.35. The lowest BCUT2D eigenvalue weighted by atomic mass is 10.1. The summed E-state index contributed by atoms with van der Waals surface area (Å²) in [6, 6.07) is 7.27. The molecule has 2 aliphatic heterocycles. The van der Waals surface area contributed by atoms with Crippen LogP contribution in [0.15, 0.2) is 18.2 Å². The van der Waals surface area contributed by atoms with Crippen molar-refractivity contribution in [2.75, 3.05) is 13.2 Å². The molecule has 1 aromatic rings. The third-order valence-corrected chi connectivity index (χ3v) is 5.78. The molecule has 4 nitrogen and oxygen atoms in total. The van der Waals surface area contributed by atoms with Gasteiger partial charge in [-0.1, -0.05) is 25.0 Å². The molecule has 1 saturated carbocycles. The number of nitrogens with zero attached hydrogens (tertiary/aromatic N) is 1. The Kier molecular flexibility index (Phi) is 6.24. The zero-order valence-corrected chi connectivity index (χ0v) is 15.7. The van der Waals surface area contributed by atoms with Crippen molar-refractivity contribution in [2.45, 2.75) is 70.0 Å². The Hall–Kier alpha value is -1.26. The molecule has 0 bridgehead atoms. The van der Waals surface area contributed by atoms with Crippen LogP contribution in [0.5, 0.6) is 5.75 Å². The van der Waals surface area contributed by atoms with Gasteiger partial charge >= 0.3 is 0 Å². The largest absolute Gasteiger partial charge is 0.493 e. The minimum absolute atomic E-state index is 0. The number of carbonyl (C=O) groups excluding carboxylic acids is 1. The molecule has 138 valence electrons. The standard InChI is InChI=1S/C20H28N2O2.ClH/c23-20(13-17-4-3-10-21-17)22(18-5-1-2-6-18)14-15-7-8-19-16(12-15)9-11-24-19;/h7-8,12,17-18,21H,1-6,9-11,13-14H2;1H. The predicted octanol–water partition coefficient (Wildman–Crippen LogP) is 3.46. The second-order valence-corrected chi connectivity index (χ2v) is 7.50. The van der Waals surface area contributed by atoms with Crippen molar-refractivity contribution in [3.63, 3.8) is 0 Å². The van der Waals surface area contributed by atoms with E-state index in [4.69, 9.17) is 4.74 Å². The van der Waals surface area contributed by atoms with Crippen LogP contribution in [0.2, 0.25) is 0 Å². The minimum Gasteiger partial charge on any atom is -0.493 e. The zero-order chi connectivity index (χ0) is 16.4. The van der Waals surface area contributed by atoms with Crippen LogP contribution in [0.25, 0.3) is 0 Å². The van der Waals surface area contributed by atoms with E-state index in [1.807, 2.05) is 0 Å². The molecule has 4 rings (SSSR count). The lowest BCUT2D eigenvalue weighted by Crippen LogP contribution is -2.41. The first-order chi connectivity index (χ1) is 11.8. The van der Waals surface area contributed by atoms with Gasteiger partial charge < -0.3 is 15.0 Å². The van der Waals surface area contributed by atoms with E-state index in [-0.39, 0.29) is 12.4 Å². The minimum atomic E-state index is 0. The fraction of sp³-hybridized carbons (Fsp3) is 0.650. The van der Waals surface area contributed by atoms with Crippen molar-refractivity contribution >= 4 is 18.3 Å². The van der Waals surface area contributed by atoms with Crippen LogP contribution in [-0.4, -0.2) is 36.0 Å². The second kappa shape index (κ2) is 8.41. The van der Waals surface area contributed by atoms with Gasteiger partial charge in [0.25, 0.3) is 0 Å². The summed E-state index contributed by atoms with van der Waals surface area (Å²) >= 11 is 0. The first-order valence-electron chi connectivity index (χ1n) is 9.57. The molecule has 1 unspecified atom stereocenters. The maximum atomic E-state index is 13.0. The highest BCUT2D eigenvalue weighted by Gasteiger charge is 2.29. The number of nitrogens with one attached hydrogen (secondary N) is 1. The Morgan fingerprint density at radius 1 is 1.20 bits per heavy atom. The Morgan fingerprint density at radius 2 is 2.04 bits per heavy atom. The normalized spacial score (nSPS) is 22.3. The summed E-state index contributed by atoms with van der Waals surface area (Å²) < 4.78 is 5.61. The zero-order valence-electron chi connectivity index (χ0n) is 14.8. The highest BCUT2D eigenvalue weighted by Crippen LogP contribution is 2.29. The van der Waals surface area contributed by atoms with Gasteiger partial charge in [0, 0.05) is 31.5 Å². The molecule has 1 N–H and O–H groups in total. The maximum absolute atomic E-state index is 13.0. The van der Waals surface area contributed by atoms with Crippen LogP contribution >= 0.6 is 12.4 Å². The SMILES string of the molecule is Cl.O=C(CC1CCCN1)N(Cc1ccc2c(c1)CCO2)C1CCCC1. The molecule has 1 aliphatic carbocycles. The van der Waals surface area contributed by atoms with Gasteiger partial charge in [-0.15, -0.1) is 12.4 Å². The van der Waals surface area contributed by atoms with Gasteiger partial charge in [0.05, 0.1) is 6.61 Å². The number of ether oxygens (including phenoxy) is 1. The molecule has 25 heavy (non-hydrogen) atoms. The van der Waals surface area contributed by atoms with Gasteiger partial charge in [-0.3, -0.25) is 4.79 Å². The average molecular weight is 365 g/mol. The second-order valence-electron chi connectivity index (χ2n) is 7.50. The summed E-state index contributed by atoms with van der Waals surface area (Å²) in [4.78, 5) is 15.2. The van der Waals surface area contributed by atoms with Gasteiger partial charge in [0.15, 0.2) is 0 Å². The number of benzene rings is 1. The summed E-state index contributed by atoms with van der Waals surface area (Å²) in [5.41, 5.74) is 2.54. The number of rotatable bonds is 5. The van der Waals surface area contributed by atoms with Crippen molar-refractivity contribution in [1.82, 2.24) is 10.2 Å². The first kappa shape index (κ1) is 18.5. The smallest absolute Gasteiger partial charge is 0.224 e. The lowest BCUT2D eigenvalue weighted by Gasteiger charge is -2.30. The van der Waals surface area contributed by atoms with Crippen LogP contribution in [0.4, 0.5) is 0 Å². The highest BCUT2D eigenvalue weighted by atomic mass is 35.5. The van der Waals surface area contributed by atoms with Gasteiger partial charge in [-0.2, -0.15) is 0 Å². The Bertz CT molecular complexity index is 595. The molecule has 1 atom stereocenters. The molecule has 3 aliphatic rings. The molecule has 2 heterocycles. The van der Waals surface area contributed by atoms with Crippen molar-refractivity contribution < 1.29 is 9.53 Å². The number of fused-ring (bicyclic) bond motifs is 1. The van der Waals surface area contributed by atoms with E-state index >= 15 is 0 Å². The van der Waals surface area contributed by atoms with Crippen LogP contribution in [0, 0.1) is 0 Å². The molecule has 1 amide bonds. The van der Waals surface area contributed by atoms with E-state index in [2.05, 4.69) is 28.4 Å². The van der Waals surface area contributed by atoms with Crippen LogP contribution in [0.3, 0.4) is 0 Å². The Balaban J connectivity index is 0.00000182. The Labute approximate surface area is 156 Å². The predicted molar refractivity (Wildman–Crippen MR) is 101 cm³/mol. The molecule has 0 aromatic heterocycles. The van der Waals surface area contributed by atoms with Gasteiger partial charge in [0.2, 0.25) is 5.91 Å². The molecule has 5 heteroatoms. The molecular formula is C20H29ClN2O2. The molecule has 1 saturated heterocycles. The fourth-order valence-electron chi connectivity index (χ4n) is 4.43. The van der Waals surface area contributed by atoms with E-state index in [1.54, 1.807) is 0 Å². The molecule has 2 fully saturated rings. The van der Waals surface area contributed by atoms with Crippen LogP contribution in [-0.2, 0) is 17.8 Å². The molecule has 1 aromatic carbocycles. The third kappa shape index (κ3) is 4.29. The third-order valence-electron chi connectivity index (χ3n) is 5.78. The molecule has 0 spiro atoms. The van der Waals surface area contributed by atoms with Gasteiger partial charge in [0.1, 0.15) is 5.75 Å². The topological polar surface area (TPSA) is 41.6 Å². The van der Waals surface area contributed by atoms with Gasteiger partial charge in [-0.25, -0.2) is 0 Å². The van der Waals surface area contributed by atoms with E-state index < -0.39 is 0 Å². The van der Waals surface area contributed by atoms with E-state index in [0.717, 1.165) is 51.1 Å². The monoisotopic (exact) mass is 364 g/mol. The van der Waals surface area contributed by atoms with Gasteiger partial charge in [-0.05, 0) is 49.4 Å². The van der Waals surface area contributed by atoms with Crippen molar-refractivity contribution in [3.05, 3.63) is 29.3 Å². The highest BCUT2D eigenvalue weighted by molar-refractivity contribution is 5.85. The number of hydrogen-bond donors (Lipinski definition) is 1. The number of carbonyl (C=O) groups is 1. The van der Waals surface area contributed by atoms with E-state index in [1.165, 1.54) is 30.4 Å². The van der Waals surface area contributed by atoms with E-state index in [9.17, 15) is 4.79 Å². The maximum Gasteiger partial charge on any atom is 0.224 e. The number of amides is 1. The van der Waals surface area contributed by atoms with E-state index in [0.29, 0.717) is 24.4 Å². The van der Waals surface area contributed by atoms with Crippen molar-refractivity contribution in [2.24, 2.45) is 0 Å². The van der Waals surface area contributed by atoms with Crippen molar-refractivity contribution in [3.8, 4) is 5.75 Å². The lowest BCUT2D eigenvalue weighted by molar-refractivity contribution is -0.134. The molecular weight excluding hydrogens is 336 g/mol. The summed E-state index contributed by atoms with van der Waals surface area (Å²) in [6.07, 6.45) is 8.84. The fourth-order valence-corrected chi connectivity index (χ4v) is 4.43. The average Bonchev–Trinajstić information content (AvgIpc) is 3.33. The quantitative estimate of drug-likeness (QED) is 0.870. The summed E-state index contributed by atoms with van der Waals surface area (Å²) in [7, 11) is 0. The number of halogens is 1. The first-order valence-corrected chi connectivity index (χ1v) is 9.57. The summed E-state index contributed by atoms with van der Waals surface area (Å²) in [6.45, 7) is 2.60. The van der Waals surface area contributed by atoms with Crippen molar-refractivity contribution in [1.29, 1.82) is 0 Å². The molecule has 0 radical (unpaired) electrons. The van der Waals surface area contributed by atoms with Crippen LogP contribution < -0.4 is 10.1 Å². The van der Waals surface area contributed by atoms with Crippen LogP contribution in [0.1, 0.15) is 56.1 Å². The number of hydrogen-bond acceptors (Lipinski definition) is 3. The summed E-state index contributed by atoms with van der Waals surface area (Å²) in [5, 5.41) is 3.47.